The van der Waals surface area contributed by atoms with Crippen molar-refractivity contribution in [1.82, 2.24) is 20.0 Å². The molecule has 1 aliphatic heterocycles. The molecule has 0 saturated carbocycles. The third-order valence-electron chi connectivity index (χ3n) is 5.52. The maximum Gasteiger partial charge on any atom is 0.257 e. The summed E-state index contributed by atoms with van der Waals surface area (Å²) < 4.78 is 7.49. The number of carbonyl (C=O) groups excluding carboxylic acids is 2. The van der Waals surface area contributed by atoms with Crippen LogP contribution in [0, 0.1) is 12.8 Å². The third kappa shape index (κ3) is 4.55. The molecule has 0 bridgehead atoms. The summed E-state index contributed by atoms with van der Waals surface area (Å²) in [4.78, 5) is 27.6. The van der Waals surface area contributed by atoms with Crippen LogP contribution in [0.3, 0.4) is 0 Å². The van der Waals surface area contributed by atoms with Crippen molar-refractivity contribution in [3.05, 3.63) is 60.0 Å². The standard InChI is InChI=1S/C24H28N4O3/c1-16(2)25-23(29)18-11-13-27(14-12-18)24(30)20-15-28(19-7-5-4-6-8-19)26-22(20)21-10-9-17(3)31-21/h4-10,15-16,18H,11-14H2,1-3H3,(H,25,29). The lowest BCUT2D eigenvalue weighted by molar-refractivity contribution is -0.126. The number of furan rings is 1. The Morgan fingerprint density at radius 2 is 1.81 bits per heavy atom. The molecule has 1 N–H and O–H groups in total. The third-order valence-corrected chi connectivity index (χ3v) is 5.52. The lowest BCUT2D eigenvalue weighted by Crippen LogP contribution is -2.44. The lowest BCUT2D eigenvalue weighted by Gasteiger charge is -2.31. The summed E-state index contributed by atoms with van der Waals surface area (Å²) in [5.74, 6) is 1.27. The van der Waals surface area contributed by atoms with Gasteiger partial charge in [-0.15, -0.1) is 0 Å². The Hall–Kier alpha value is -3.35. The number of likely N-dealkylation sites (tertiary alicyclic amines) is 1. The van der Waals surface area contributed by atoms with Crippen molar-refractivity contribution in [2.75, 3.05) is 13.1 Å². The highest BCUT2D eigenvalue weighted by molar-refractivity contribution is 5.99. The van der Waals surface area contributed by atoms with Crippen molar-refractivity contribution in [2.24, 2.45) is 5.92 Å². The summed E-state index contributed by atoms with van der Waals surface area (Å²) in [5.41, 5.74) is 1.90. The summed E-state index contributed by atoms with van der Waals surface area (Å²) in [5, 5.41) is 7.64. The number of amides is 2. The summed E-state index contributed by atoms with van der Waals surface area (Å²) >= 11 is 0. The van der Waals surface area contributed by atoms with Gasteiger partial charge in [0.2, 0.25) is 5.91 Å². The van der Waals surface area contributed by atoms with Crippen molar-refractivity contribution in [3.63, 3.8) is 0 Å². The van der Waals surface area contributed by atoms with Crippen LogP contribution < -0.4 is 5.32 Å². The van der Waals surface area contributed by atoms with E-state index in [4.69, 9.17) is 4.42 Å². The molecule has 0 aliphatic carbocycles. The maximum absolute atomic E-state index is 13.4. The van der Waals surface area contributed by atoms with E-state index in [9.17, 15) is 9.59 Å². The number of aromatic nitrogens is 2. The Morgan fingerprint density at radius 3 is 2.42 bits per heavy atom. The van der Waals surface area contributed by atoms with Crippen LogP contribution in [0.15, 0.2) is 53.1 Å². The van der Waals surface area contributed by atoms with E-state index in [1.807, 2.05) is 68.1 Å². The van der Waals surface area contributed by atoms with Gasteiger partial charge in [-0.3, -0.25) is 9.59 Å². The zero-order chi connectivity index (χ0) is 22.0. The number of aryl methyl sites for hydroxylation is 1. The number of nitrogens with zero attached hydrogens (tertiary/aromatic N) is 3. The first-order valence-corrected chi connectivity index (χ1v) is 10.7. The van der Waals surface area contributed by atoms with Crippen LogP contribution in [-0.4, -0.2) is 45.6 Å². The second-order valence-electron chi connectivity index (χ2n) is 8.31. The number of para-hydroxylation sites is 1. The van der Waals surface area contributed by atoms with Crippen LogP contribution in [0.2, 0.25) is 0 Å². The quantitative estimate of drug-likeness (QED) is 0.681. The molecule has 7 nitrogen and oxygen atoms in total. The number of rotatable bonds is 5. The Labute approximate surface area is 182 Å². The van der Waals surface area contributed by atoms with E-state index < -0.39 is 0 Å². The molecule has 3 aromatic rings. The molecule has 4 rings (SSSR count). The van der Waals surface area contributed by atoms with Gasteiger partial charge in [0.25, 0.3) is 5.91 Å². The van der Waals surface area contributed by atoms with Crippen LogP contribution >= 0.6 is 0 Å². The highest BCUT2D eigenvalue weighted by Crippen LogP contribution is 2.28. The summed E-state index contributed by atoms with van der Waals surface area (Å²) in [7, 11) is 0. The zero-order valence-corrected chi connectivity index (χ0v) is 18.2. The number of hydrogen-bond acceptors (Lipinski definition) is 4. The van der Waals surface area contributed by atoms with Crippen LogP contribution in [-0.2, 0) is 4.79 Å². The van der Waals surface area contributed by atoms with E-state index in [-0.39, 0.29) is 23.8 Å². The Bertz CT molecular complexity index is 1060. The minimum Gasteiger partial charge on any atom is -0.460 e. The first-order valence-electron chi connectivity index (χ1n) is 10.7. The molecular weight excluding hydrogens is 392 g/mol. The largest absolute Gasteiger partial charge is 0.460 e. The number of carbonyl (C=O) groups is 2. The fourth-order valence-corrected chi connectivity index (χ4v) is 3.90. The van der Waals surface area contributed by atoms with Gasteiger partial charge in [0.1, 0.15) is 11.5 Å². The maximum atomic E-state index is 13.4. The molecule has 1 aromatic carbocycles. The van der Waals surface area contributed by atoms with Gasteiger partial charge in [-0.1, -0.05) is 18.2 Å². The molecule has 1 fully saturated rings. The highest BCUT2D eigenvalue weighted by Gasteiger charge is 2.30. The van der Waals surface area contributed by atoms with Crippen molar-refractivity contribution in [1.29, 1.82) is 0 Å². The van der Waals surface area contributed by atoms with Gasteiger partial charge in [0, 0.05) is 31.2 Å². The second-order valence-corrected chi connectivity index (χ2v) is 8.31. The van der Waals surface area contributed by atoms with Gasteiger partial charge in [-0.2, -0.15) is 5.10 Å². The van der Waals surface area contributed by atoms with E-state index in [0.717, 1.165) is 11.4 Å². The molecule has 0 spiro atoms. The normalized spacial score (nSPS) is 14.8. The first kappa shape index (κ1) is 20.9. The fraction of sp³-hybridized carbons (Fsp3) is 0.375. The van der Waals surface area contributed by atoms with Crippen molar-refractivity contribution in [3.8, 4) is 17.1 Å². The average molecular weight is 421 g/mol. The molecule has 0 atom stereocenters. The van der Waals surface area contributed by atoms with E-state index in [0.29, 0.717) is 42.9 Å². The Morgan fingerprint density at radius 1 is 1.10 bits per heavy atom. The summed E-state index contributed by atoms with van der Waals surface area (Å²) in [6.45, 7) is 6.87. The van der Waals surface area contributed by atoms with E-state index >= 15 is 0 Å². The van der Waals surface area contributed by atoms with Gasteiger partial charge >= 0.3 is 0 Å². The van der Waals surface area contributed by atoms with Gasteiger partial charge in [0.05, 0.1) is 11.3 Å². The van der Waals surface area contributed by atoms with Gasteiger partial charge in [-0.05, 0) is 57.9 Å². The zero-order valence-electron chi connectivity index (χ0n) is 18.2. The fourth-order valence-electron chi connectivity index (χ4n) is 3.90. The first-order chi connectivity index (χ1) is 14.9. The highest BCUT2D eigenvalue weighted by atomic mass is 16.3. The van der Waals surface area contributed by atoms with Crippen LogP contribution in [0.1, 0.15) is 42.8 Å². The Balaban J connectivity index is 1.58. The number of nitrogens with one attached hydrogen (secondary N) is 1. The summed E-state index contributed by atoms with van der Waals surface area (Å²) in [6, 6.07) is 13.5. The van der Waals surface area contributed by atoms with Crippen LogP contribution in [0.5, 0.6) is 0 Å². The molecular formula is C24H28N4O3. The van der Waals surface area contributed by atoms with Crippen LogP contribution in [0.4, 0.5) is 0 Å². The molecule has 7 heteroatoms. The molecule has 162 valence electrons. The molecule has 2 aromatic heterocycles. The molecule has 31 heavy (non-hydrogen) atoms. The lowest BCUT2D eigenvalue weighted by atomic mass is 9.95. The molecule has 0 radical (unpaired) electrons. The predicted octanol–water partition coefficient (Wildman–Crippen LogP) is 3.82. The molecule has 3 heterocycles. The molecule has 0 unspecified atom stereocenters. The summed E-state index contributed by atoms with van der Waals surface area (Å²) in [6.07, 6.45) is 3.08. The minimum absolute atomic E-state index is 0.0503. The van der Waals surface area contributed by atoms with Crippen molar-refractivity contribution < 1.29 is 14.0 Å². The SMILES string of the molecule is Cc1ccc(-c2nn(-c3ccccc3)cc2C(=O)N2CCC(C(=O)NC(C)C)CC2)o1. The van der Waals surface area contributed by atoms with E-state index in [2.05, 4.69) is 10.4 Å². The Kier molecular flexibility index (Phi) is 5.93. The number of benzene rings is 1. The molecule has 2 amide bonds. The van der Waals surface area contributed by atoms with Gasteiger partial charge < -0.3 is 14.6 Å². The second kappa shape index (κ2) is 8.79. The number of piperidine rings is 1. The predicted molar refractivity (Wildman–Crippen MR) is 118 cm³/mol. The topological polar surface area (TPSA) is 80.4 Å². The average Bonchev–Trinajstić information content (AvgIpc) is 3.40. The van der Waals surface area contributed by atoms with E-state index in [1.54, 1.807) is 10.9 Å². The van der Waals surface area contributed by atoms with E-state index in [1.165, 1.54) is 0 Å². The van der Waals surface area contributed by atoms with Crippen molar-refractivity contribution >= 4 is 11.8 Å². The molecule has 1 saturated heterocycles. The smallest absolute Gasteiger partial charge is 0.257 e. The van der Waals surface area contributed by atoms with Crippen LogP contribution in [0.25, 0.3) is 17.1 Å². The van der Waals surface area contributed by atoms with Gasteiger partial charge in [0.15, 0.2) is 5.76 Å². The monoisotopic (exact) mass is 420 g/mol. The number of hydrogen-bond donors (Lipinski definition) is 1. The molecule has 1 aliphatic rings. The van der Waals surface area contributed by atoms with Gasteiger partial charge in [-0.25, -0.2) is 4.68 Å². The minimum atomic E-state index is -0.0889. The van der Waals surface area contributed by atoms with Crippen molar-refractivity contribution in [2.45, 2.75) is 39.7 Å².